The molecule has 1 rings (SSSR count). The summed E-state index contributed by atoms with van der Waals surface area (Å²) in [5.41, 5.74) is 0. The van der Waals surface area contributed by atoms with Crippen molar-refractivity contribution in [1.82, 2.24) is 0 Å². The van der Waals surface area contributed by atoms with Crippen molar-refractivity contribution in [1.29, 1.82) is 0 Å². The van der Waals surface area contributed by atoms with Gasteiger partial charge in [-0.2, -0.15) is 0 Å². The maximum Gasteiger partial charge on any atom is 0.309 e. The maximum atomic E-state index is 11.7. The fourth-order valence-corrected chi connectivity index (χ4v) is 4.19. The van der Waals surface area contributed by atoms with Crippen LogP contribution in [0, 0.1) is 5.92 Å². The summed E-state index contributed by atoms with van der Waals surface area (Å²) in [5, 5.41) is 20.4. The van der Waals surface area contributed by atoms with Gasteiger partial charge in [-0.05, 0) is 51.4 Å². The molecule has 0 spiro atoms. The lowest BCUT2D eigenvalue weighted by atomic mass is 9.91. The molecular weight excluding hydrogens is 392 g/mol. The standard InChI is InChI=1S/C26H48O5/c1-3-5-7-9-10-11-12-13-17-22(31-25-19-15-16-20-30-25)21-24(27)23(26(28)29)18-14-8-6-4-2/h11-12,22-25,27H,3-10,13-21H2,1-2H3,(H,28,29)/t22?,23-,24?,25?/m1/s1. The summed E-state index contributed by atoms with van der Waals surface area (Å²) in [6, 6.07) is 0. The van der Waals surface area contributed by atoms with Crippen molar-refractivity contribution in [2.45, 2.75) is 135 Å². The molecule has 0 amide bonds. The number of hydrogen-bond acceptors (Lipinski definition) is 4. The molecule has 0 saturated carbocycles. The Morgan fingerprint density at radius 3 is 2.35 bits per heavy atom. The fourth-order valence-electron chi connectivity index (χ4n) is 4.19. The average molecular weight is 441 g/mol. The van der Waals surface area contributed by atoms with Crippen LogP contribution in [0.3, 0.4) is 0 Å². The van der Waals surface area contributed by atoms with E-state index < -0.39 is 18.0 Å². The highest BCUT2D eigenvalue weighted by Crippen LogP contribution is 2.24. The summed E-state index contributed by atoms with van der Waals surface area (Å²) in [4.78, 5) is 11.7. The molecule has 1 aliphatic heterocycles. The van der Waals surface area contributed by atoms with Crippen molar-refractivity contribution in [2.24, 2.45) is 5.92 Å². The van der Waals surface area contributed by atoms with Gasteiger partial charge in [0.15, 0.2) is 6.29 Å². The third kappa shape index (κ3) is 14.0. The second-order valence-corrected chi connectivity index (χ2v) is 9.05. The number of hydrogen-bond donors (Lipinski definition) is 2. The Hall–Kier alpha value is -0.910. The minimum absolute atomic E-state index is 0.180. The van der Waals surface area contributed by atoms with E-state index in [1.165, 1.54) is 25.7 Å². The van der Waals surface area contributed by atoms with Gasteiger partial charge in [0.25, 0.3) is 0 Å². The number of allylic oxidation sites excluding steroid dienone is 2. The second-order valence-electron chi connectivity index (χ2n) is 9.05. The van der Waals surface area contributed by atoms with Crippen LogP contribution in [0.1, 0.15) is 117 Å². The summed E-state index contributed by atoms with van der Waals surface area (Å²) in [5.74, 6) is -1.62. The fraction of sp³-hybridized carbons (Fsp3) is 0.885. The van der Waals surface area contributed by atoms with Crippen LogP contribution in [0.2, 0.25) is 0 Å². The van der Waals surface area contributed by atoms with Crippen LogP contribution < -0.4 is 0 Å². The second kappa shape index (κ2) is 18.6. The molecule has 0 aliphatic carbocycles. The van der Waals surface area contributed by atoms with E-state index in [0.29, 0.717) is 19.4 Å². The Balaban J connectivity index is 2.53. The first-order chi connectivity index (χ1) is 15.1. The number of aliphatic hydroxyl groups excluding tert-OH is 1. The van der Waals surface area contributed by atoms with E-state index >= 15 is 0 Å². The monoisotopic (exact) mass is 440 g/mol. The van der Waals surface area contributed by atoms with E-state index in [0.717, 1.165) is 64.2 Å². The van der Waals surface area contributed by atoms with Crippen molar-refractivity contribution in [3.63, 3.8) is 0 Å². The minimum atomic E-state index is -0.899. The van der Waals surface area contributed by atoms with Gasteiger partial charge in [-0.15, -0.1) is 0 Å². The van der Waals surface area contributed by atoms with Gasteiger partial charge in [0.1, 0.15) is 0 Å². The average Bonchev–Trinajstić information content (AvgIpc) is 2.75. The van der Waals surface area contributed by atoms with Gasteiger partial charge in [-0.25, -0.2) is 0 Å². The highest BCUT2D eigenvalue weighted by molar-refractivity contribution is 5.70. The molecule has 5 heteroatoms. The van der Waals surface area contributed by atoms with Crippen molar-refractivity contribution in [3.8, 4) is 0 Å². The quantitative estimate of drug-likeness (QED) is 0.174. The Kier molecular flexibility index (Phi) is 16.9. The molecule has 1 heterocycles. The van der Waals surface area contributed by atoms with Crippen LogP contribution in [-0.4, -0.2) is 41.3 Å². The zero-order valence-electron chi connectivity index (χ0n) is 20.1. The normalized spacial score (nSPS) is 20.0. The Morgan fingerprint density at radius 2 is 1.71 bits per heavy atom. The number of ether oxygens (including phenoxy) is 2. The topological polar surface area (TPSA) is 76.0 Å². The summed E-state index contributed by atoms with van der Waals surface area (Å²) in [7, 11) is 0. The summed E-state index contributed by atoms with van der Waals surface area (Å²) in [6.07, 6.45) is 19.0. The highest BCUT2D eigenvalue weighted by Gasteiger charge is 2.30. The minimum Gasteiger partial charge on any atom is -0.481 e. The lowest BCUT2D eigenvalue weighted by Gasteiger charge is -2.30. The van der Waals surface area contributed by atoms with Gasteiger partial charge in [0.2, 0.25) is 0 Å². The molecular formula is C26H48O5. The molecule has 0 aromatic rings. The molecule has 0 radical (unpaired) electrons. The summed E-state index contributed by atoms with van der Waals surface area (Å²) >= 11 is 0. The van der Waals surface area contributed by atoms with E-state index in [-0.39, 0.29) is 12.4 Å². The molecule has 0 bridgehead atoms. The van der Waals surface area contributed by atoms with Crippen molar-refractivity contribution >= 4 is 5.97 Å². The maximum absolute atomic E-state index is 11.7. The summed E-state index contributed by atoms with van der Waals surface area (Å²) in [6.45, 7) is 5.08. The molecule has 0 aromatic heterocycles. The van der Waals surface area contributed by atoms with Crippen LogP contribution in [0.25, 0.3) is 0 Å². The Bertz CT molecular complexity index is 459. The number of aliphatic carboxylic acids is 1. The van der Waals surface area contributed by atoms with E-state index in [9.17, 15) is 15.0 Å². The first kappa shape index (κ1) is 28.1. The molecule has 4 atom stereocenters. The smallest absolute Gasteiger partial charge is 0.309 e. The number of aliphatic hydroxyl groups is 1. The lowest BCUT2D eigenvalue weighted by Crippen LogP contribution is -2.35. The molecule has 1 aliphatic rings. The highest BCUT2D eigenvalue weighted by atomic mass is 16.7. The molecule has 1 fully saturated rings. The number of rotatable bonds is 19. The van der Waals surface area contributed by atoms with Gasteiger partial charge in [-0.3, -0.25) is 4.79 Å². The first-order valence-electron chi connectivity index (χ1n) is 12.9. The van der Waals surface area contributed by atoms with E-state index in [4.69, 9.17) is 9.47 Å². The molecule has 0 aromatic carbocycles. The first-order valence-corrected chi connectivity index (χ1v) is 12.9. The van der Waals surface area contributed by atoms with Crippen LogP contribution in [0.5, 0.6) is 0 Å². The Morgan fingerprint density at radius 1 is 1.00 bits per heavy atom. The zero-order valence-corrected chi connectivity index (χ0v) is 20.1. The van der Waals surface area contributed by atoms with Gasteiger partial charge in [0, 0.05) is 13.0 Å². The van der Waals surface area contributed by atoms with E-state index in [1.807, 2.05) is 0 Å². The molecule has 1 saturated heterocycles. The van der Waals surface area contributed by atoms with Gasteiger partial charge < -0.3 is 19.7 Å². The van der Waals surface area contributed by atoms with Crippen LogP contribution in [-0.2, 0) is 14.3 Å². The number of carbonyl (C=O) groups is 1. The van der Waals surface area contributed by atoms with Gasteiger partial charge in [0.05, 0.1) is 18.1 Å². The third-order valence-corrected chi connectivity index (χ3v) is 6.18. The van der Waals surface area contributed by atoms with Crippen molar-refractivity contribution in [3.05, 3.63) is 12.2 Å². The molecule has 3 unspecified atom stereocenters. The molecule has 31 heavy (non-hydrogen) atoms. The van der Waals surface area contributed by atoms with Crippen LogP contribution in [0.15, 0.2) is 12.2 Å². The summed E-state index contributed by atoms with van der Waals surface area (Å²) < 4.78 is 11.9. The molecule has 2 N–H and O–H groups in total. The molecule has 5 nitrogen and oxygen atoms in total. The van der Waals surface area contributed by atoms with Crippen LogP contribution in [0.4, 0.5) is 0 Å². The number of carboxylic acid groups (broad SMARTS) is 1. The zero-order chi connectivity index (χ0) is 22.7. The number of unbranched alkanes of at least 4 members (excludes halogenated alkanes) is 7. The third-order valence-electron chi connectivity index (χ3n) is 6.18. The van der Waals surface area contributed by atoms with Crippen LogP contribution >= 0.6 is 0 Å². The van der Waals surface area contributed by atoms with Crippen molar-refractivity contribution < 1.29 is 24.5 Å². The number of carboxylic acids is 1. The molecule has 182 valence electrons. The largest absolute Gasteiger partial charge is 0.481 e. The van der Waals surface area contributed by atoms with E-state index in [2.05, 4.69) is 26.0 Å². The SMILES string of the molecule is CCCCCCC=CCCC(CC(O)[C@@H](CCCCCC)C(=O)O)OC1CCCCO1. The van der Waals surface area contributed by atoms with E-state index in [1.54, 1.807) is 0 Å². The predicted octanol–water partition coefficient (Wildman–Crippen LogP) is 6.63. The lowest BCUT2D eigenvalue weighted by molar-refractivity contribution is -0.195. The van der Waals surface area contributed by atoms with Gasteiger partial charge >= 0.3 is 5.97 Å². The Labute approximate surface area is 190 Å². The predicted molar refractivity (Wildman–Crippen MR) is 126 cm³/mol. The van der Waals surface area contributed by atoms with Crippen molar-refractivity contribution in [2.75, 3.05) is 6.61 Å². The van der Waals surface area contributed by atoms with Gasteiger partial charge in [-0.1, -0.05) is 70.9 Å².